The molecule has 1 aromatic carbocycles. The van der Waals surface area contributed by atoms with Crippen molar-refractivity contribution in [2.24, 2.45) is 5.92 Å². The fourth-order valence-corrected chi connectivity index (χ4v) is 3.14. The van der Waals surface area contributed by atoms with Crippen LogP contribution >= 0.6 is 0 Å². The number of benzene rings is 1. The molecule has 116 valence electrons. The Morgan fingerprint density at radius 1 is 1.43 bits per heavy atom. The molecule has 0 aliphatic heterocycles. The lowest BCUT2D eigenvalue weighted by Gasteiger charge is -2.37. The Morgan fingerprint density at radius 2 is 2.19 bits per heavy atom. The molecule has 0 saturated heterocycles. The summed E-state index contributed by atoms with van der Waals surface area (Å²) >= 11 is 0. The van der Waals surface area contributed by atoms with Crippen LogP contribution in [0.25, 0.3) is 0 Å². The summed E-state index contributed by atoms with van der Waals surface area (Å²) < 4.78 is 0. The summed E-state index contributed by atoms with van der Waals surface area (Å²) in [5, 5.41) is 2.95. The molecule has 1 fully saturated rings. The SMILES string of the molecule is CC1CCCC(N(C)C(C)C(=O)Nc2cccc(N)c2)C1. The van der Waals surface area contributed by atoms with Gasteiger partial charge in [-0.05, 0) is 50.9 Å². The van der Waals surface area contributed by atoms with Crippen molar-refractivity contribution in [3.8, 4) is 0 Å². The topological polar surface area (TPSA) is 58.4 Å². The summed E-state index contributed by atoms with van der Waals surface area (Å²) in [5.41, 5.74) is 7.16. The molecule has 1 saturated carbocycles. The Labute approximate surface area is 127 Å². The highest BCUT2D eigenvalue weighted by atomic mass is 16.2. The first kappa shape index (κ1) is 15.8. The molecular formula is C17H27N3O. The molecule has 4 nitrogen and oxygen atoms in total. The van der Waals surface area contributed by atoms with Gasteiger partial charge in [0.2, 0.25) is 5.91 Å². The molecule has 0 heterocycles. The molecule has 1 aromatic rings. The van der Waals surface area contributed by atoms with Gasteiger partial charge < -0.3 is 11.1 Å². The third kappa shape index (κ3) is 4.21. The van der Waals surface area contributed by atoms with Crippen LogP contribution in [0.15, 0.2) is 24.3 Å². The second kappa shape index (κ2) is 6.94. The molecule has 0 radical (unpaired) electrons. The van der Waals surface area contributed by atoms with E-state index in [1.54, 1.807) is 6.07 Å². The average Bonchev–Trinajstić information content (AvgIpc) is 2.45. The average molecular weight is 289 g/mol. The number of nitrogens with two attached hydrogens (primary N) is 1. The summed E-state index contributed by atoms with van der Waals surface area (Å²) in [6, 6.07) is 7.69. The van der Waals surface area contributed by atoms with E-state index in [1.807, 2.05) is 25.1 Å². The number of likely N-dealkylation sites (N-methyl/N-ethyl adjacent to an activating group) is 1. The van der Waals surface area contributed by atoms with Gasteiger partial charge in [-0.15, -0.1) is 0 Å². The first-order valence-electron chi connectivity index (χ1n) is 7.85. The van der Waals surface area contributed by atoms with Crippen LogP contribution in [0.4, 0.5) is 11.4 Å². The van der Waals surface area contributed by atoms with Gasteiger partial charge in [0.15, 0.2) is 0 Å². The van der Waals surface area contributed by atoms with Crippen molar-refractivity contribution >= 4 is 17.3 Å². The van der Waals surface area contributed by atoms with Gasteiger partial charge in [-0.3, -0.25) is 9.69 Å². The summed E-state index contributed by atoms with van der Waals surface area (Å²) in [5.74, 6) is 0.789. The Bertz CT molecular complexity index is 489. The summed E-state index contributed by atoms with van der Waals surface area (Å²) in [6.07, 6.45) is 4.96. The van der Waals surface area contributed by atoms with E-state index in [9.17, 15) is 4.79 Å². The summed E-state index contributed by atoms with van der Waals surface area (Å²) in [7, 11) is 2.06. The van der Waals surface area contributed by atoms with Crippen molar-refractivity contribution in [1.29, 1.82) is 0 Å². The lowest BCUT2D eigenvalue weighted by molar-refractivity contribution is -0.121. The zero-order valence-corrected chi connectivity index (χ0v) is 13.3. The summed E-state index contributed by atoms with van der Waals surface area (Å²) in [4.78, 5) is 14.6. The lowest BCUT2D eigenvalue weighted by Crippen LogP contribution is -2.46. The van der Waals surface area contributed by atoms with Crippen LogP contribution in [-0.4, -0.2) is 29.9 Å². The molecule has 2 rings (SSSR count). The molecule has 3 unspecified atom stereocenters. The monoisotopic (exact) mass is 289 g/mol. The van der Waals surface area contributed by atoms with Gasteiger partial charge in [-0.2, -0.15) is 0 Å². The highest BCUT2D eigenvalue weighted by Gasteiger charge is 2.28. The van der Waals surface area contributed by atoms with Crippen LogP contribution in [0, 0.1) is 5.92 Å². The van der Waals surface area contributed by atoms with E-state index in [0.29, 0.717) is 11.7 Å². The summed E-state index contributed by atoms with van der Waals surface area (Å²) in [6.45, 7) is 4.28. The standard InChI is InChI=1S/C17H27N3O/c1-12-6-4-9-16(10-12)20(3)13(2)17(21)19-15-8-5-7-14(18)11-15/h5,7-8,11-13,16H,4,6,9-10,18H2,1-3H3,(H,19,21). The maximum Gasteiger partial charge on any atom is 0.241 e. The smallest absolute Gasteiger partial charge is 0.241 e. The number of hydrogen-bond donors (Lipinski definition) is 2. The van der Waals surface area contributed by atoms with Crippen LogP contribution in [0.5, 0.6) is 0 Å². The van der Waals surface area contributed by atoms with Crippen LogP contribution in [-0.2, 0) is 4.79 Å². The highest BCUT2D eigenvalue weighted by molar-refractivity contribution is 5.94. The third-order valence-corrected chi connectivity index (χ3v) is 4.63. The van der Waals surface area contributed by atoms with Crippen LogP contribution in [0.2, 0.25) is 0 Å². The first-order chi connectivity index (χ1) is 9.97. The van der Waals surface area contributed by atoms with E-state index in [4.69, 9.17) is 5.73 Å². The number of hydrogen-bond acceptors (Lipinski definition) is 3. The van der Waals surface area contributed by atoms with Gasteiger partial charge in [0, 0.05) is 17.4 Å². The fourth-order valence-electron chi connectivity index (χ4n) is 3.14. The van der Waals surface area contributed by atoms with Crippen molar-refractivity contribution < 1.29 is 4.79 Å². The molecule has 21 heavy (non-hydrogen) atoms. The lowest BCUT2D eigenvalue weighted by atomic mass is 9.86. The van der Waals surface area contributed by atoms with Crippen molar-refractivity contribution in [1.82, 2.24) is 4.90 Å². The Kier molecular flexibility index (Phi) is 5.23. The molecule has 3 N–H and O–H groups in total. The maximum absolute atomic E-state index is 12.4. The zero-order valence-electron chi connectivity index (χ0n) is 13.3. The normalized spacial score (nSPS) is 23.8. The number of rotatable bonds is 4. The van der Waals surface area contributed by atoms with Gasteiger partial charge in [-0.25, -0.2) is 0 Å². The minimum absolute atomic E-state index is 0.0290. The van der Waals surface area contributed by atoms with Crippen LogP contribution < -0.4 is 11.1 Å². The van der Waals surface area contributed by atoms with Gasteiger partial charge in [-0.1, -0.05) is 25.8 Å². The molecule has 4 heteroatoms. The minimum Gasteiger partial charge on any atom is -0.399 e. The van der Waals surface area contributed by atoms with Crippen molar-refractivity contribution in [2.75, 3.05) is 18.1 Å². The molecule has 3 atom stereocenters. The largest absolute Gasteiger partial charge is 0.399 e. The van der Waals surface area contributed by atoms with E-state index >= 15 is 0 Å². The molecule has 0 aromatic heterocycles. The van der Waals surface area contributed by atoms with E-state index in [-0.39, 0.29) is 11.9 Å². The second-order valence-electron chi connectivity index (χ2n) is 6.38. The van der Waals surface area contributed by atoms with Crippen LogP contribution in [0.1, 0.15) is 39.5 Å². The predicted molar refractivity (Wildman–Crippen MR) is 88.1 cm³/mol. The van der Waals surface area contributed by atoms with Gasteiger partial charge in [0.1, 0.15) is 0 Å². The molecular weight excluding hydrogens is 262 g/mol. The molecule has 0 bridgehead atoms. The number of carbonyl (C=O) groups excluding carboxylic acids is 1. The quantitative estimate of drug-likeness (QED) is 0.837. The van der Waals surface area contributed by atoms with E-state index in [0.717, 1.165) is 11.6 Å². The van der Waals surface area contributed by atoms with Gasteiger partial charge in [0.05, 0.1) is 6.04 Å². The molecule has 1 aliphatic rings. The Hall–Kier alpha value is -1.55. The first-order valence-corrected chi connectivity index (χ1v) is 7.85. The Morgan fingerprint density at radius 3 is 2.86 bits per heavy atom. The zero-order chi connectivity index (χ0) is 15.4. The van der Waals surface area contributed by atoms with Crippen molar-refractivity contribution in [2.45, 2.75) is 51.6 Å². The predicted octanol–water partition coefficient (Wildman–Crippen LogP) is 3.11. The number of nitrogens with one attached hydrogen (secondary N) is 1. The molecule has 0 spiro atoms. The number of nitrogen functional groups attached to an aromatic ring is 1. The second-order valence-corrected chi connectivity index (χ2v) is 6.38. The fraction of sp³-hybridized carbons (Fsp3) is 0.588. The van der Waals surface area contributed by atoms with Gasteiger partial charge >= 0.3 is 0 Å². The highest BCUT2D eigenvalue weighted by Crippen LogP contribution is 2.27. The molecule has 1 aliphatic carbocycles. The Balaban J connectivity index is 1.95. The van der Waals surface area contributed by atoms with Crippen molar-refractivity contribution in [3.05, 3.63) is 24.3 Å². The third-order valence-electron chi connectivity index (χ3n) is 4.63. The van der Waals surface area contributed by atoms with E-state index in [1.165, 1.54) is 25.7 Å². The molecule has 1 amide bonds. The number of carbonyl (C=O) groups is 1. The van der Waals surface area contributed by atoms with Crippen molar-refractivity contribution in [3.63, 3.8) is 0 Å². The number of anilines is 2. The van der Waals surface area contributed by atoms with E-state index in [2.05, 4.69) is 24.2 Å². The van der Waals surface area contributed by atoms with Crippen LogP contribution in [0.3, 0.4) is 0 Å². The van der Waals surface area contributed by atoms with Gasteiger partial charge in [0.25, 0.3) is 0 Å². The minimum atomic E-state index is -0.137. The van der Waals surface area contributed by atoms with E-state index < -0.39 is 0 Å². The maximum atomic E-state index is 12.4. The number of amides is 1. The number of nitrogens with zero attached hydrogens (tertiary/aromatic N) is 1.